The fourth-order valence-corrected chi connectivity index (χ4v) is 2.89. The summed E-state index contributed by atoms with van der Waals surface area (Å²) in [5.74, 6) is -2.93. The van der Waals surface area contributed by atoms with Crippen LogP contribution in [-0.2, 0) is 0 Å². The molecular formula is C15H9GeO6. The Morgan fingerprint density at radius 2 is 1.50 bits per heavy atom. The van der Waals surface area contributed by atoms with Gasteiger partial charge in [0, 0.05) is 0 Å². The van der Waals surface area contributed by atoms with Crippen molar-refractivity contribution < 1.29 is 24.8 Å². The van der Waals surface area contributed by atoms with Crippen LogP contribution >= 0.6 is 0 Å². The summed E-state index contributed by atoms with van der Waals surface area (Å²) in [7, 11) is 0. The number of phenolic OH excluding ortho intramolecular Hbond substituents is 3. The molecule has 1 aromatic heterocycles. The molecule has 3 rings (SSSR count). The summed E-state index contributed by atoms with van der Waals surface area (Å²) in [6.07, 6.45) is 0. The maximum atomic E-state index is 12.3. The number of phenols is 3. The molecule has 2 aromatic carbocycles. The summed E-state index contributed by atoms with van der Waals surface area (Å²) in [6, 6.07) is 8.38. The second-order valence-electron chi connectivity index (χ2n) is 4.60. The van der Waals surface area contributed by atoms with Crippen LogP contribution in [0.1, 0.15) is 0 Å². The van der Waals surface area contributed by atoms with E-state index in [2.05, 4.69) is 0 Å². The van der Waals surface area contributed by atoms with Gasteiger partial charge in [0.25, 0.3) is 0 Å². The average molecular weight is 358 g/mol. The molecule has 0 amide bonds. The van der Waals surface area contributed by atoms with Crippen molar-refractivity contribution in [3.63, 3.8) is 0 Å². The van der Waals surface area contributed by atoms with Crippen molar-refractivity contribution in [1.82, 2.24) is 0 Å². The van der Waals surface area contributed by atoms with Crippen molar-refractivity contribution in [3.8, 4) is 34.3 Å². The van der Waals surface area contributed by atoms with Gasteiger partial charge in [-0.2, -0.15) is 0 Å². The molecule has 0 saturated heterocycles. The molecule has 6 nitrogen and oxygen atoms in total. The van der Waals surface area contributed by atoms with Crippen molar-refractivity contribution in [1.29, 1.82) is 0 Å². The molecule has 0 saturated carbocycles. The first-order chi connectivity index (χ1) is 10.4. The molecule has 109 valence electrons. The van der Waals surface area contributed by atoms with Crippen LogP contribution in [0.3, 0.4) is 0 Å². The average Bonchev–Trinajstić information content (AvgIpc) is 2.54. The van der Waals surface area contributed by atoms with Gasteiger partial charge in [0.2, 0.25) is 0 Å². The van der Waals surface area contributed by atoms with Crippen LogP contribution in [0, 0.1) is 0 Å². The predicted octanol–water partition coefficient (Wildman–Crippen LogP) is 1.08. The van der Waals surface area contributed by atoms with Crippen LogP contribution < -0.4 is 9.82 Å². The van der Waals surface area contributed by atoms with E-state index in [1.807, 2.05) is 0 Å². The second-order valence-corrected chi connectivity index (χ2v) is 5.65. The number of hydrogen-bond donors (Lipinski definition) is 4. The van der Waals surface area contributed by atoms with Gasteiger partial charge in [-0.05, 0) is 0 Å². The number of aromatic hydroxyl groups is 4. The Morgan fingerprint density at radius 1 is 0.864 bits per heavy atom. The van der Waals surface area contributed by atoms with Crippen molar-refractivity contribution in [2.45, 2.75) is 0 Å². The van der Waals surface area contributed by atoms with E-state index in [-0.39, 0.29) is 21.1 Å². The third kappa shape index (κ3) is 1.92. The van der Waals surface area contributed by atoms with Gasteiger partial charge in [0.15, 0.2) is 0 Å². The summed E-state index contributed by atoms with van der Waals surface area (Å²) in [6.45, 7) is 0. The molecule has 0 atom stereocenters. The molecule has 1 heterocycles. The molecule has 3 radical (unpaired) electrons. The van der Waals surface area contributed by atoms with Gasteiger partial charge in [-0.15, -0.1) is 0 Å². The Labute approximate surface area is 132 Å². The van der Waals surface area contributed by atoms with E-state index >= 15 is 0 Å². The second kappa shape index (κ2) is 4.99. The van der Waals surface area contributed by atoms with E-state index in [0.29, 0.717) is 5.56 Å². The number of fused-ring (bicyclic) bond motifs is 1. The minimum atomic E-state index is -0.803. The summed E-state index contributed by atoms with van der Waals surface area (Å²) in [5.41, 5.74) is -0.665. The topological polar surface area (TPSA) is 111 Å². The van der Waals surface area contributed by atoms with Gasteiger partial charge in [-0.1, -0.05) is 0 Å². The number of benzene rings is 2. The molecular weight excluding hydrogens is 349 g/mol. The monoisotopic (exact) mass is 359 g/mol. The van der Waals surface area contributed by atoms with Gasteiger partial charge < -0.3 is 0 Å². The van der Waals surface area contributed by atoms with Crippen LogP contribution in [0.15, 0.2) is 39.5 Å². The van der Waals surface area contributed by atoms with Crippen LogP contribution in [0.5, 0.6) is 23.0 Å². The van der Waals surface area contributed by atoms with Crippen LogP contribution in [0.25, 0.3) is 22.3 Å². The molecule has 0 aliphatic carbocycles. The first-order valence-corrected chi connectivity index (χ1v) is 7.22. The summed E-state index contributed by atoms with van der Waals surface area (Å²) >= 11 is 1.37. The Bertz CT molecular complexity index is 946. The van der Waals surface area contributed by atoms with Crippen molar-refractivity contribution in [2.75, 3.05) is 0 Å². The van der Waals surface area contributed by atoms with E-state index in [0.717, 1.165) is 0 Å². The van der Waals surface area contributed by atoms with Gasteiger partial charge >= 0.3 is 132 Å². The zero-order chi connectivity index (χ0) is 16.0. The van der Waals surface area contributed by atoms with Crippen molar-refractivity contribution >= 4 is 31.9 Å². The van der Waals surface area contributed by atoms with E-state index in [1.54, 1.807) is 30.3 Å². The number of hydrogen-bond acceptors (Lipinski definition) is 6. The molecule has 0 fully saturated rings. The Kier molecular flexibility index (Phi) is 3.25. The molecule has 22 heavy (non-hydrogen) atoms. The number of rotatable bonds is 1. The van der Waals surface area contributed by atoms with E-state index < -0.39 is 28.4 Å². The summed E-state index contributed by atoms with van der Waals surface area (Å²) in [5, 5.41) is 39.2. The van der Waals surface area contributed by atoms with E-state index in [9.17, 15) is 25.2 Å². The standard InChI is InChI=1S/C15H9GeO6/c16-8-7-9(17)12(20)14(6-4-2-1-3-5-6)22-15(7)13(21)11(19)10(8)18/h1-5,18-21H. The zero-order valence-electron chi connectivity index (χ0n) is 11.0. The predicted molar refractivity (Wildman–Crippen MR) is 80.0 cm³/mol. The maximum absolute atomic E-state index is 12.3. The molecule has 0 aliphatic heterocycles. The first kappa shape index (κ1) is 14.3. The third-order valence-electron chi connectivity index (χ3n) is 3.27. The molecule has 4 N–H and O–H groups in total. The van der Waals surface area contributed by atoms with Crippen molar-refractivity contribution in [3.05, 3.63) is 40.6 Å². The Hall–Kier alpha value is -2.61. The molecule has 0 unspecified atom stereocenters. The van der Waals surface area contributed by atoms with Crippen LogP contribution in [0.4, 0.5) is 0 Å². The van der Waals surface area contributed by atoms with Gasteiger partial charge in [0.1, 0.15) is 0 Å². The normalized spacial score (nSPS) is 11.0. The molecule has 7 heteroatoms. The van der Waals surface area contributed by atoms with E-state index in [1.165, 1.54) is 16.5 Å². The SMILES string of the molecule is O=c1c(O)c(-c2ccccc2)oc2c(O)c(O)c(O)[c]([Ge])c12. The van der Waals surface area contributed by atoms with Crippen LogP contribution in [0.2, 0.25) is 0 Å². The summed E-state index contributed by atoms with van der Waals surface area (Å²) < 4.78 is 5.44. The fraction of sp³-hybridized carbons (Fsp3) is 0. The molecule has 0 bridgehead atoms. The van der Waals surface area contributed by atoms with Gasteiger partial charge in [-0.25, -0.2) is 0 Å². The fourth-order valence-electron chi connectivity index (χ4n) is 2.16. The van der Waals surface area contributed by atoms with Gasteiger partial charge in [-0.3, -0.25) is 0 Å². The Balaban J connectivity index is 2.51. The van der Waals surface area contributed by atoms with Gasteiger partial charge in [0.05, 0.1) is 0 Å². The quantitative estimate of drug-likeness (QED) is 0.383. The Morgan fingerprint density at radius 3 is 2.14 bits per heavy atom. The molecule has 0 aliphatic rings. The van der Waals surface area contributed by atoms with E-state index in [4.69, 9.17) is 4.42 Å². The first-order valence-electron chi connectivity index (χ1n) is 6.17. The third-order valence-corrected chi connectivity index (χ3v) is 4.30. The summed E-state index contributed by atoms with van der Waals surface area (Å²) in [4.78, 5) is 12.3. The molecule has 3 aromatic rings. The minimum absolute atomic E-state index is 0.00830. The van der Waals surface area contributed by atoms with Crippen molar-refractivity contribution in [2.24, 2.45) is 0 Å². The van der Waals surface area contributed by atoms with Crippen LogP contribution in [-0.4, -0.2) is 36.9 Å². The zero-order valence-corrected chi connectivity index (χ0v) is 13.1. The molecule has 0 spiro atoms.